The fourth-order valence-electron chi connectivity index (χ4n) is 1.71. The van der Waals surface area contributed by atoms with Crippen molar-refractivity contribution in [3.63, 3.8) is 0 Å². The van der Waals surface area contributed by atoms with Gasteiger partial charge in [0, 0.05) is 13.2 Å². The third kappa shape index (κ3) is 4.97. The van der Waals surface area contributed by atoms with Crippen molar-refractivity contribution in [2.24, 2.45) is 5.92 Å². The van der Waals surface area contributed by atoms with Gasteiger partial charge < -0.3 is 10.1 Å². The minimum Gasteiger partial charge on any atom is -0.377 e. The smallest absolute Gasteiger partial charge is 0.0774 e. The second-order valence-electron chi connectivity index (χ2n) is 4.97. The molecule has 0 saturated heterocycles. The molecule has 0 aromatic rings. The van der Waals surface area contributed by atoms with Gasteiger partial charge in [-0.25, -0.2) is 0 Å². The number of methoxy groups -OCH3 is 1. The summed E-state index contributed by atoms with van der Waals surface area (Å²) in [7, 11) is 3.80. The van der Waals surface area contributed by atoms with Crippen LogP contribution in [0.25, 0.3) is 0 Å². The van der Waals surface area contributed by atoms with Crippen molar-refractivity contribution >= 4 is 0 Å². The average Bonchev–Trinajstić information content (AvgIpc) is 2.11. The van der Waals surface area contributed by atoms with Gasteiger partial charge in [-0.05, 0) is 33.2 Å². The third-order valence-electron chi connectivity index (χ3n) is 2.99. The van der Waals surface area contributed by atoms with Gasteiger partial charge in [-0.3, -0.25) is 0 Å². The van der Waals surface area contributed by atoms with Crippen molar-refractivity contribution in [2.45, 2.75) is 58.6 Å². The zero-order valence-electron chi connectivity index (χ0n) is 10.7. The molecule has 86 valence electrons. The van der Waals surface area contributed by atoms with Gasteiger partial charge >= 0.3 is 0 Å². The molecule has 0 spiro atoms. The maximum absolute atomic E-state index is 5.49. The molecular formula is C12H27NO. The van der Waals surface area contributed by atoms with E-state index in [1.165, 1.54) is 19.3 Å². The van der Waals surface area contributed by atoms with Gasteiger partial charge in [0.15, 0.2) is 0 Å². The molecule has 0 radical (unpaired) electrons. The van der Waals surface area contributed by atoms with Crippen LogP contribution in [-0.2, 0) is 4.74 Å². The summed E-state index contributed by atoms with van der Waals surface area (Å²) >= 11 is 0. The summed E-state index contributed by atoms with van der Waals surface area (Å²) in [4.78, 5) is 0. The standard InChI is InChI=1S/C12H27NO/c1-10(2)8-7-9-11(13-5)12(3,4)14-6/h10-11,13H,7-9H2,1-6H3. The molecule has 0 rings (SSSR count). The summed E-state index contributed by atoms with van der Waals surface area (Å²) in [5.41, 5.74) is -0.0638. The van der Waals surface area contributed by atoms with Crippen LogP contribution in [0.2, 0.25) is 0 Å². The predicted octanol–water partition coefficient (Wildman–Crippen LogP) is 2.83. The summed E-state index contributed by atoms with van der Waals surface area (Å²) in [5, 5.41) is 3.34. The molecule has 0 bridgehead atoms. The van der Waals surface area contributed by atoms with E-state index in [4.69, 9.17) is 4.74 Å². The Kier molecular flexibility index (Phi) is 6.38. The summed E-state index contributed by atoms with van der Waals surface area (Å²) in [6, 6.07) is 0.450. The van der Waals surface area contributed by atoms with E-state index in [1.807, 2.05) is 7.05 Å². The summed E-state index contributed by atoms with van der Waals surface area (Å²) < 4.78 is 5.49. The highest BCUT2D eigenvalue weighted by Gasteiger charge is 2.27. The number of ether oxygens (including phenoxy) is 1. The van der Waals surface area contributed by atoms with Crippen LogP contribution in [-0.4, -0.2) is 25.8 Å². The molecule has 1 unspecified atom stereocenters. The van der Waals surface area contributed by atoms with Crippen molar-refractivity contribution in [3.05, 3.63) is 0 Å². The van der Waals surface area contributed by atoms with Crippen LogP contribution in [0.3, 0.4) is 0 Å². The first-order chi connectivity index (χ1) is 6.44. The largest absolute Gasteiger partial charge is 0.377 e. The molecule has 0 amide bonds. The highest BCUT2D eigenvalue weighted by Crippen LogP contribution is 2.19. The van der Waals surface area contributed by atoms with E-state index in [2.05, 4.69) is 33.0 Å². The van der Waals surface area contributed by atoms with Crippen LogP contribution < -0.4 is 5.32 Å². The van der Waals surface area contributed by atoms with E-state index in [1.54, 1.807) is 7.11 Å². The molecule has 0 aliphatic heterocycles. The lowest BCUT2D eigenvalue weighted by molar-refractivity contribution is -0.0112. The number of nitrogens with one attached hydrogen (secondary N) is 1. The Hall–Kier alpha value is -0.0800. The van der Waals surface area contributed by atoms with Crippen molar-refractivity contribution in [1.29, 1.82) is 0 Å². The van der Waals surface area contributed by atoms with Crippen molar-refractivity contribution in [1.82, 2.24) is 5.32 Å². The first-order valence-electron chi connectivity index (χ1n) is 5.66. The lowest BCUT2D eigenvalue weighted by Crippen LogP contribution is -2.46. The fraction of sp³-hybridized carbons (Fsp3) is 1.00. The normalized spacial score (nSPS) is 14.8. The Morgan fingerprint density at radius 1 is 1.21 bits per heavy atom. The molecule has 0 aliphatic rings. The predicted molar refractivity (Wildman–Crippen MR) is 62.6 cm³/mol. The molecule has 0 aromatic heterocycles. The van der Waals surface area contributed by atoms with Gasteiger partial charge in [0.05, 0.1) is 5.60 Å². The zero-order valence-corrected chi connectivity index (χ0v) is 10.7. The fourth-order valence-corrected chi connectivity index (χ4v) is 1.71. The van der Waals surface area contributed by atoms with Crippen molar-refractivity contribution in [2.75, 3.05) is 14.2 Å². The summed E-state index contributed by atoms with van der Waals surface area (Å²) in [6.07, 6.45) is 3.77. The minimum atomic E-state index is -0.0638. The van der Waals surface area contributed by atoms with Crippen LogP contribution in [0, 0.1) is 5.92 Å². The summed E-state index contributed by atoms with van der Waals surface area (Å²) in [5.74, 6) is 0.804. The van der Waals surface area contributed by atoms with E-state index >= 15 is 0 Å². The number of hydrogen-bond acceptors (Lipinski definition) is 2. The zero-order chi connectivity index (χ0) is 11.2. The average molecular weight is 201 g/mol. The van der Waals surface area contributed by atoms with Gasteiger partial charge in [-0.1, -0.05) is 26.7 Å². The maximum atomic E-state index is 5.49. The lowest BCUT2D eigenvalue weighted by atomic mass is 9.92. The monoisotopic (exact) mass is 201 g/mol. The van der Waals surface area contributed by atoms with Crippen LogP contribution >= 0.6 is 0 Å². The van der Waals surface area contributed by atoms with Crippen LogP contribution in [0.1, 0.15) is 47.0 Å². The Balaban J connectivity index is 3.91. The van der Waals surface area contributed by atoms with E-state index in [-0.39, 0.29) is 5.60 Å². The first kappa shape index (κ1) is 13.9. The van der Waals surface area contributed by atoms with Crippen molar-refractivity contribution < 1.29 is 4.74 Å². The highest BCUT2D eigenvalue weighted by atomic mass is 16.5. The Morgan fingerprint density at radius 3 is 2.14 bits per heavy atom. The molecule has 0 heterocycles. The molecule has 1 atom stereocenters. The molecule has 0 saturated carbocycles. The van der Waals surface area contributed by atoms with Gasteiger partial charge in [-0.2, -0.15) is 0 Å². The number of likely N-dealkylation sites (N-methyl/N-ethyl adjacent to an activating group) is 1. The van der Waals surface area contributed by atoms with E-state index in [0.29, 0.717) is 6.04 Å². The Labute approximate surface area is 89.4 Å². The lowest BCUT2D eigenvalue weighted by Gasteiger charge is -2.33. The maximum Gasteiger partial charge on any atom is 0.0774 e. The first-order valence-corrected chi connectivity index (χ1v) is 5.66. The quantitative estimate of drug-likeness (QED) is 0.684. The second kappa shape index (κ2) is 6.41. The highest BCUT2D eigenvalue weighted by molar-refractivity contribution is 4.84. The number of hydrogen-bond donors (Lipinski definition) is 1. The third-order valence-corrected chi connectivity index (χ3v) is 2.99. The molecule has 0 fully saturated rings. The van der Waals surface area contributed by atoms with Crippen molar-refractivity contribution in [3.8, 4) is 0 Å². The van der Waals surface area contributed by atoms with Crippen LogP contribution in [0.4, 0.5) is 0 Å². The van der Waals surface area contributed by atoms with Crippen LogP contribution in [0.5, 0.6) is 0 Å². The topological polar surface area (TPSA) is 21.3 Å². The summed E-state index contributed by atoms with van der Waals surface area (Å²) in [6.45, 7) is 8.83. The van der Waals surface area contributed by atoms with Crippen LogP contribution in [0.15, 0.2) is 0 Å². The Bertz CT molecular complexity index is 143. The molecule has 2 heteroatoms. The van der Waals surface area contributed by atoms with Gasteiger partial charge in [0.25, 0.3) is 0 Å². The Morgan fingerprint density at radius 2 is 1.79 bits per heavy atom. The minimum absolute atomic E-state index is 0.0638. The molecular weight excluding hydrogens is 174 g/mol. The SMILES string of the molecule is CNC(CCCC(C)C)C(C)(C)OC. The molecule has 0 aliphatic carbocycles. The van der Waals surface area contributed by atoms with E-state index in [9.17, 15) is 0 Å². The van der Waals surface area contributed by atoms with Gasteiger partial charge in [-0.15, -0.1) is 0 Å². The van der Waals surface area contributed by atoms with E-state index < -0.39 is 0 Å². The second-order valence-corrected chi connectivity index (χ2v) is 4.97. The van der Waals surface area contributed by atoms with Gasteiger partial charge in [0.2, 0.25) is 0 Å². The number of rotatable bonds is 7. The van der Waals surface area contributed by atoms with E-state index in [0.717, 1.165) is 5.92 Å². The molecule has 0 aromatic carbocycles. The molecule has 1 N–H and O–H groups in total. The molecule has 2 nitrogen and oxygen atoms in total. The van der Waals surface area contributed by atoms with Gasteiger partial charge in [0.1, 0.15) is 0 Å². The molecule has 14 heavy (non-hydrogen) atoms.